The zero-order valence-electron chi connectivity index (χ0n) is 13.6. The summed E-state index contributed by atoms with van der Waals surface area (Å²) in [4.78, 5) is 11.9. The van der Waals surface area contributed by atoms with Crippen molar-refractivity contribution in [2.24, 2.45) is 0 Å². The van der Waals surface area contributed by atoms with Crippen LogP contribution in [0.5, 0.6) is 0 Å². The third-order valence-electron chi connectivity index (χ3n) is 3.37. The fraction of sp³-hybridized carbons (Fsp3) is 0.500. The normalized spacial score (nSPS) is 11.2. The number of carbonyl (C=O) groups is 1. The maximum Gasteiger partial charge on any atom is 0.225 e. The molecule has 0 fully saturated rings. The van der Waals surface area contributed by atoms with E-state index in [0.717, 1.165) is 25.5 Å². The monoisotopic (exact) mass is 337 g/mol. The molecule has 0 aromatic heterocycles. The summed E-state index contributed by atoms with van der Waals surface area (Å²) in [6.07, 6.45) is 4.03. The molecule has 23 heavy (non-hydrogen) atoms. The average Bonchev–Trinajstić information content (AvgIpc) is 2.50. The Bertz CT molecular complexity index is 648. The highest BCUT2D eigenvalue weighted by atomic mass is 32.2. The van der Waals surface area contributed by atoms with Crippen molar-refractivity contribution in [3.8, 4) is 6.07 Å². The van der Waals surface area contributed by atoms with Gasteiger partial charge < -0.3 is 5.32 Å². The number of nitriles is 1. The minimum Gasteiger partial charge on any atom is -0.326 e. The Kier molecular flexibility index (Phi) is 7.72. The molecule has 0 aliphatic heterocycles. The quantitative estimate of drug-likeness (QED) is 0.700. The third kappa shape index (κ3) is 7.26. The fourth-order valence-electron chi connectivity index (χ4n) is 2.06. The lowest BCUT2D eigenvalue weighted by Gasteiger charge is -2.19. The number of amides is 1. The van der Waals surface area contributed by atoms with E-state index in [1.165, 1.54) is 4.31 Å². The first-order chi connectivity index (χ1) is 10.9. The summed E-state index contributed by atoms with van der Waals surface area (Å²) in [6, 6.07) is 8.52. The van der Waals surface area contributed by atoms with Crippen molar-refractivity contribution in [3.05, 3.63) is 29.8 Å². The molecule has 0 aliphatic rings. The minimum atomic E-state index is -3.31. The van der Waals surface area contributed by atoms with Crippen LogP contribution in [0.25, 0.3) is 0 Å². The lowest BCUT2D eigenvalue weighted by atomic mass is 10.2. The van der Waals surface area contributed by atoms with Crippen molar-refractivity contribution in [1.29, 1.82) is 5.26 Å². The molecule has 0 saturated heterocycles. The van der Waals surface area contributed by atoms with Crippen LogP contribution in [0.2, 0.25) is 0 Å². The zero-order chi connectivity index (χ0) is 17.3. The van der Waals surface area contributed by atoms with Gasteiger partial charge in [0.15, 0.2) is 0 Å². The van der Waals surface area contributed by atoms with E-state index < -0.39 is 10.0 Å². The molecule has 1 rings (SSSR count). The molecule has 0 spiro atoms. The highest BCUT2D eigenvalue weighted by Gasteiger charge is 2.17. The first-order valence-corrected chi connectivity index (χ1v) is 9.46. The summed E-state index contributed by atoms with van der Waals surface area (Å²) >= 11 is 0. The number of hydrogen-bond donors (Lipinski definition) is 1. The van der Waals surface area contributed by atoms with E-state index >= 15 is 0 Å². The molecule has 0 aliphatic carbocycles. The highest BCUT2D eigenvalue weighted by Crippen LogP contribution is 2.10. The second-order valence-corrected chi connectivity index (χ2v) is 7.34. The van der Waals surface area contributed by atoms with Crippen LogP contribution in [0.3, 0.4) is 0 Å². The molecule has 1 aromatic rings. The van der Waals surface area contributed by atoms with Gasteiger partial charge in [0, 0.05) is 25.2 Å². The topological polar surface area (TPSA) is 90.3 Å². The molecule has 0 unspecified atom stereocenters. The molecule has 0 radical (unpaired) electrons. The molecular weight excluding hydrogens is 314 g/mol. The van der Waals surface area contributed by atoms with Crippen molar-refractivity contribution >= 4 is 21.6 Å². The van der Waals surface area contributed by atoms with Gasteiger partial charge >= 0.3 is 0 Å². The summed E-state index contributed by atoms with van der Waals surface area (Å²) in [7, 11) is -3.31. The molecule has 0 bridgehead atoms. The van der Waals surface area contributed by atoms with Gasteiger partial charge in [0.1, 0.15) is 0 Å². The van der Waals surface area contributed by atoms with Gasteiger partial charge in [-0.1, -0.05) is 19.8 Å². The van der Waals surface area contributed by atoms with E-state index in [-0.39, 0.29) is 18.9 Å². The predicted octanol–water partition coefficient (Wildman–Crippen LogP) is 2.34. The van der Waals surface area contributed by atoms with Gasteiger partial charge in [0.05, 0.1) is 17.9 Å². The van der Waals surface area contributed by atoms with Gasteiger partial charge in [-0.05, 0) is 30.7 Å². The standard InChI is InChI=1S/C16H23N3O3S/c1-3-4-5-11-19(23(2,21)22)12-10-16(20)18-15-8-6-14(13-17)7-9-15/h6-9H,3-5,10-12H2,1-2H3,(H,18,20). The van der Waals surface area contributed by atoms with Crippen LogP contribution in [0.1, 0.15) is 38.2 Å². The Balaban J connectivity index is 2.52. The maximum absolute atomic E-state index is 11.9. The molecule has 1 aromatic carbocycles. The molecule has 1 N–H and O–H groups in total. The smallest absolute Gasteiger partial charge is 0.225 e. The van der Waals surface area contributed by atoms with Crippen molar-refractivity contribution in [2.45, 2.75) is 32.6 Å². The number of rotatable bonds is 9. The van der Waals surface area contributed by atoms with E-state index in [2.05, 4.69) is 12.2 Å². The van der Waals surface area contributed by atoms with E-state index in [4.69, 9.17) is 5.26 Å². The van der Waals surface area contributed by atoms with Gasteiger partial charge in [0.25, 0.3) is 0 Å². The number of carbonyl (C=O) groups excluding carboxylic acids is 1. The SMILES string of the molecule is CCCCCN(CCC(=O)Nc1ccc(C#N)cc1)S(C)(=O)=O. The molecule has 0 atom stereocenters. The number of nitrogens with one attached hydrogen (secondary N) is 1. The summed E-state index contributed by atoms with van der Waals surface area (Å²) < 4.78 is 24.8. The van der Waals surface area contributed by atoms with Crippen molar-refractivity contribution in [2.75, 3.05) is 24.7 Å². The van der Waals surface area contributed by atoms with Crippen LogP contribution in [-0.2, 0) is 14.8 Å². The van der Waals surface area contributed by atoms with Crippen molar-refractivity contribution in [3.63, 3.8) is 0 Å². The summed E-state index contributed by atoms with van der Waals surface area (Å²) in [6.45, 7) is 2.66. The number of benzene rings is 1. The first-order valence-electron chi connectivity index (χ1n) is 7.62. The molecular formula is C16H23N3O3S. The van der Waals surface area contributed by atoms with Crippen LogP contribution in [0.4, 0.5) is 5.69 Å². The van der Waals surface area contributed by atoms with Gasteiger partial charge in [-0.15, -0.1) is 0 Å². The Morgan fingerprint density at radius 1 is 1.22 bits per heavy atom. The van der Waals surface area contributed by atoms with Crippen LogP contribution < -0.4 is 5.32 Å². The maximum atomic E-state index is 11.9. The molecule has 0 saturated carbocycles. The summed E-state index contributed by atoms with van der Waals surface area (Å²) in [5.74, 6) is -0.251. The highest BCUT2D eigenvalue weighted by molar-refractivity contribution is 7.88. The van der Waals surface area contributed by atoms with Gasteiger partial charge in [-0.2, -0.15) is 5.26 Å². The number of nitrogens with zero attached hydrogens (tertiary/aromatic N) is 2. The Hall–Kier alpha value is -1.91. The molecule has 6 nitrogen and oxygen atoms in total. The Morgan fingerprint density at radius 3 is 2.39 bits per heavy atom. The Morgan fingerprint density at radius 2 is 1.87 bits per heavy atom. The van der Waals surface area contributed by atoms with Crippen molar-refractivity contribution < 1.29 is 13.2 Å². The number of sulfonamides is 1. The summed E-state index contributed by atoms with van der Waals surface area (Å²) in [5.41, 5.74) is 1.10. The van der Waals surface area contributed by atoms with Crippen LogP contribution in [0.15, 0.2) is 24.3 Å². The largest absolute Gasteiger partial charge is 0.326 e. The lowest BCUT2D eigenvalue weighted by molar-refractivity contribution is -0.116. The van der Waals surface area contributed by atoms with E-state index in [9.17, 15) is 13.2 Å². The second-order valence-electron chi connectivity index (χ2n) is 5.36. The fourth-order valence-corrected chi connectivity index (χ4v) is 2.94. The molecule has 7 heteroatoms. The van der Waals surface area contributed by atoms with Crippen LogP contribution >= 0.6 is 0 Å². The number of unbranched alkanes of at least 4 members (excludes halogenated alkanes) is 2. The first kappa shape index (κ1) is 19.1. The average molecular weight is 337 g/mol. The van der Waals surface area contributed by atoms with E-state index in [1.807, 2.05) is 6.07 Å². The van der Waals surface area contributed by atoms with Gasteiger partial charge in [-0.3, -0.25) is 4.79 Å². The van der Waals surface area contributed by atoms with E-state index in [1.54, 1.807) is 24.3 Å². The zero-order valence-corrected chi connectivity index (χ0v) is 14.4. The Labute approximate surface area is 138 Å². The number of anilines is 1. The van der Waals surface area contributed by atoms with Crippen LogP contribution in [-0.4, -0.2) is 38.0 Å². The van der Waals surface area contributed by atoms with Gasteiger partial charge in [-0.25, -0.2) is 12.7 Å². The van der Waals surface area contributed by atoms with Crippen LogP contribution in [0, 0.1) is 11.3 Å². The molecule has 126 valence electrons. The van der Waals surface area contributed by atoms with Crippen molar-refractivity contribution in [1.82, 2.24) is 4.31 Å². The molecule has 1 amide bonds. The predicted molar refractivity (Wildman–Crippen MR) is 90.3 cm³/mol. The van der Waals surface area contributed by atoms with E-state index in [0.29, 0.717) is 17.8 Å². The second kappa shape index (κ2) is 9.28. The third-order valence-corrected chi connectivity index (χ3v) is 4.67. The molecule has 0 heterocycles. The van der Waals surface area contributed by atoms with Gasteiger partial charge in [0.2, 0.25) is 15.9 Å². The minimum absolute atomic E-state index is 0.0964. The lowest BCUT2D eigenvalue weighted by Crippen LogP contribution is -2.33. The summed E-state index contributed by atoms with van der Waals surface area (Å²) in [5, 5.41) is 11.4. The number of hydrogen-bond acceptors (Lipinski definition) is 4.